The maximum Gasteiger partial charge on any atom is 0.166 e. The molecule has 16 heavy (non-hydrogen) atoms. The first-order valence-corrected chi connectivity index (χ1v) is 5.89. The van der Waals surface area contributed by atoms with Crippen LogP contribution in [0.5, 0.6) is 5.75 Å². The van der Waals surface area contributed by atoms with Crippen LogP contribution >= 0.6 is 11.6 Å². The molecule has 3 heteroatoms. The fraction of sp³-hybridized carbons (Fsp3) is 0.462. The number of halogens is 1. The van der Waals surface area contributed by atoms with Gasteiger partial charge in [0.15, 0.2) is 5.78 Å². The Balaban J connectivity index is 2.22. The number of carbonyl (C=O) groups is 1. The lowest BCUT2D eigenvalue weighted by Crippen LogP contribution is -2.13. The van der Waals surface area contributed by atoms with Gasteiger partial charge in [-0.1, -0.05) is 18.5 Å². The average Bonchev–Trinajstić information content (AvgIpc) is 3.11. The normalized spacial score (nSPS) is 16.9. The highest BCUT2D eigenvalue weighted by Crippen LogP contribution is 2.38. The number of ether oxygens (including phenoxy) is 1. The van der Waals surface area contributed by atoms with Gasteiger partial charge in [-0.25, -0.2) is 0 Å². The van der Waals surface area contributed by atoms with Crippen LogP contribution in [-0.4, -0.2) is 12.9 Å². The Hall–Kier alpha value is -1.02. The molecule has 1 saturated carbocycles. The first kappa shape index (κ1) is 11.5. The molecule has 0 N–H and O–H groups in total. The quantitative estimate of drug-likeness (QED) is 0.750. The number of ketones is 1. The van der Waals surface area contributed by atoms with E-state index in [4.69, 9.17) is 16.3 Å². The molecule has 1 aliphatic rings. The Morgan fingerprint density at radius 1 is 1.50 bits per heavy atom. The zero-order valence-electron chi connectivity index (χ0n) is 9.50. The molecule has 1 aliphatic carbocycles. The third kappa shape index (κ3) is 2.22. The van der Waals surface area contributed by atoms with Gasteiger partial charge in [0.05, 0.1) is 12.1 Å². The van der Waals surface area contributed by atoms with Crippen LogP contribution in [0.3, 0.4) is 0 Å². The first-order chi connectivity index (χ1) is 7.63. The molecule has 0 aliphatic heterocycles. The van der Waals surface area contributed by atoms with Crippen LogP contribution < -0.4 is 4.74 Å². The van der Waals surface area contributed by atoms with E-state index in [9.17, 15) is 4.79 Å². The van der Waals surface area contributed by atoms with E-state index in [1.807, 2.05) is 6.92 Å². The number of methoxy groups -OCH3 is 1. The number of benzene rings is 1. The molecular formula is C13H15ClO2. The Morgan fingerprint density at radius 2 is 2.19 bits per heavy atom. The molecular weight excluding hydrogens is 224 g/mol. The fourth-order valence-corrected chi connectivity index (χ4v) is 2.08. The summed E-state index contributed by atoms with van der Waals surface area (Å²) in [7, 11) is 1.56. The van der Waals surface area contributed by atoms with Crippen molar-refractivity contribution in [2.45, 2.75) is 19.8 Å². The fourth-order valence-electron chi connectivity index (χ4n) is 1.89. The number of Topliss-reactive ketones (excluding diaryl/α,β-unsaturated/α-hetero) is 1. The van der Waals surface area contributed by atoms with Gasteiger partial charge in [-0.05, 0) is 37.0 Å². The second-order valence-corrected chi connectivity index (χ2v) is 4.75. The molecule has 2 nitrogen and oxygen atoms in total. The van der Waals surface area contributed by atoms with Gasteiger partial charge in [0, 0.05) is 11.5 Å². The Morgan fingerprint density at radius 3 is 2.75 bits per heavy atom. The molecule has 0 amide bonds. The predicted octanol–water partition coefficient (Wildman–Crippen LogP) is 3.58. The summed E-state index contributed by atoms with van der Waals surface area (Å²) in [6.07, 6.45) is 2.36. The second-order valence-electron chi connectivity index (χ2n) is 4.34. The van der Waals surface area contributed by atoms with Crippen LogP contribution in [0.15, 0.2) is 18.2 Å². The third-order valence-corrected chi connectivity index (χ3v) is 3.49. The molecule has 0 radical (unpaired) electrons. The summed E-state index contributed by atoms with van der Waals surface area (Å²) >= 11 is 5.92. The smallest absolute Gasteiger partial charge is 0.166 e. The molecule has 0 aromatic heterocycles. The van der Waals surface area contributed by atoms with Gasteiger partial charge >= 0.3 is 0 Å². The molecule has 1 atom stereocenters. The van der Waals surface area contributed by atoms with Crippen LogP contribution in [0.25, 0.3) is 0 Å². The van der Waals surface area contributed by atoms with Crippen LogP contribution in [0.1, 0.15) is 30.1 Å². The van der Waals surface area contributed by atoms with E-state index in [0.29, 0.717) is 22.3 Å². The van der Waals surface area contributed by atoms with E-state index in [1.54, 1.807) is 25.3 Å². The lowest BCUT2D eigenvalue weighted by atomic mass is 9.95. The lowest BCUT2D eigenvalue weighted by Gasteiger charge is -2.10. The summed E-state index contributed by atoms with van der Waals surface area (Å²) in [5.41, 5.74) is 0.695. The monoisotopic (exact) mass is 238 g/mol. The van der Waals surface area contributed by atoms with Crippen molar-refractivity contribution >= 4 is 17.4 Å². The highest BCUT2D eigenvalue weighted by atomic mass is 35.5. The van der Waals surface area contributed by atoms with Gasteiger partial charge in [0.1, 0.15) is 5.75 Å². The highest BCUT2D eigenvalue weighted by Gasteiger charge is 2.33. The summed E-state index contributed by atoms with van der Waals surface area (Å²) in [6.45, 7) is 2.00. The van der Waals surface area contributed by atoms with Crippen molar-refractivity contribution in [2.24, 2.45) is 11.8 Å². The molecule has 2 rings (SSSR count). The topological polar surface area (TPSA) is 26.3 Å². The van der Waals surface area contributed by atoms with Crippen molar-refractivity contribution < 1.29 is 9.53 Å². The second kappa shape index (κ2) is 4.46. The summed E-state index contributed by atoms with van der Waals surface area (Å²) in [5, 5.41) is 0.540. The molecule has 0 bridgehead atoms. The summed E-state index contributed by atoms with van der Waals surface area (Å²) < 4.78 is 5.11. The molecule has 1 aromatic rings. The largest absolute Gasteiger partial charge is 0.495 e. The van der Waals surface area contributed by atoms with Crippen LogP contribution in [-0.2, 0) is 0 Å². The van der Waals surface area contributed by atoms with Gasteiger partial charge < -0.3 is 4.74 Å². The van der Waals surface area contributed by atoms with Crippen LogP contribution in [0, 0.1) is 11.8 Å². The molecule has 1 fully saturated rings. The molecule has 0 spiro atoms. The Bertz CT molecular complexity index is 410. The minimum Gasteiger partial charge on any atom is -0.495 e. The molecule has 86 valence electrons. The van der Waals surface area contributed by atoms with Crippen molar-refractivity contribution in [3.63, 3.8) is 0 Å². The van der Waals surface area contributed by atoms with Gasteiger partial charge in [0.2, 0.25) is 0 Å². The Labute approximate surface area is 101 Å². The van der Waals surface area contributed by atoms with Crippen molar-refractivity contribution in [3.8, 4) is 5.75 Å². The first-order valence-electron chi connectivity index (χ1n) is 5.51. The van der Waals surface area contributed by atoms with E-state index in [-0.39, 0.29) is 11.7 Å². The number of hydrogen-bond donors (Lipinski definition) is 0. The minimum absolute atomic E-state index is 0.117. The van der Waals surface area contributed by atoms with Gasteiger partial charge in [-0.3, -0.25) is 4.79 Å². The maximum atomic E-state index is 12.1. The number of hydrogen-bond acceptors (Lipinski definition) is 2. The van der Waals surface area contributed by atoms with Crippen LogP contribution in [0.4, 0.5) is 0 Å². The van der Waals surface area contributed by atoms with E-state index >= 15 is 0 Å². The lowest BCUT2D eigenvalue weighted by molar-refractivity contribution is 0.0916. The van der Waals surface area contributed by atoms with E-state index in [0.717, 1.165) is 0 Å². The van der Waals surface area contributed by atoms with Crippen molar-refractivity contribution in [3.05, 3.63) is 28.8 Å². The SMILES string of the molecule is COc1cc(C(=O)C(C)C2CC2)ccc1Cl. The van der Waals surface area contributed by atoms with Crippen LogP contribution in [0.2, 0.25) is 5.02 Å². The van der Waals surface area contributed by atoms with Crippen molar-refractivity contribution in [1.29, 1.82) is 0 Å². The molecule has 1 aromatic carbocycles. The van der Waals surface area contributed by atoms with Gasteiger partial charge in [-0.2, -0.15) is 0 Å². The zero-order chi connectivity index (χ0) is 11.7. The summed E-state index contributed by atoms with van der Waals surface area (Å²) in [4.78, 5) is 12.1. The van der Waals surface area contributed by atoms with Gasteiger partial charge in [0.25, 0.3) is 0 Å². The van der Waals surface area contributed by atoms with Gasteiger partial charge in [-0.15, -0.1) is 0 Å². The number of rotatable bonds is 4. The van der Waals surface area contributed by atoms with E-state index < -0.39 is 0 Å². The predicted molar refractivity (Wildman–Crippen MR) is 64.2 cm³/mol. The molecule has 0 heterocycles. The zero-order valence-corrected chi connectivity index (χ0v) is 10.3. The standard InChI is InChI=1S/C13H15ClO2/c1-8(9-3-4-9)13(15)10-5-6-11(14)12(7-10)16-2/h5-9H,3-4H2,1-2H3. The van der Waals surface area contributed by atoms with Crippen molar-refractivity contribution in [1.82, 2.24) is 0 Å². The molecule has 0 saturated heterocycles. The molecule has 1 unspecified atom stereocenters. The maximum absolute atomic E-state index is 12.1. The Kier molecular flexibility index (Phi) is 3.20. The van der Waals surface area contributed by atoms with Crippen molar-refractivity contribution in [2.75, 3.05) is 7.11 Å². The number of carbonyl (C=O) groups excluding carboxylic acids is 1. The minimum atomic E-state index is 0.117. The van der Waals surface area contributed by atoms with E-state index in [2.05, 4.69) is 0 Å². The summed E-state index contributed by atoms with van der Waals surface area (Å²) in [5.74, 6) is 1.45. The third-order valence-electron chi connectivity index (χ3n) is 3.18. The highest BCUT2D eigenvalue weighted by molar-refractivity contribution is 6.32. The van der Waals surface area contributed by atoms with E-state index in [1.165, 1.54) is 12.8 Å². The summed E-state index contributed by atoms with van der Waals surface area (Å²) in [6, 6.07) is 5.21. The average molecular weight is 239 g/mol.